The molecule has 0 aliphatic heterocycles. The summed E-state index contributed by atoms with van der Waals surface area (Å²) in [7, 11) is 0. The van der Waals surface area contributed by atoms with Gasteiger partial charge in [-0.25, -0.2) is 4.79 Å². The van der Waals surface area contributed by atoms with Gasteiger partial charge in [-0.1, -0.05) is 12.1 Å². The first kappa shape index (κ1) is 14.4. The molecule has 0 heterocycles. The summed E-state index contributed by atoms with van der Waals surface area (Å²) < 4.78 is 0. The molecule has 4 nitrogen and oxygen atoms in total. The SMILES string of the molecule is CC(O)c1cccc(NC(=O)N(CC2CC2)CC2CC2)c1. The number of urea groups is 1. The lowest BCUT2D eigenvalue weighted by molar-refractivity contribution is 0.199. The van der Waals surface area contributed by atoms with Crippen LogP contribution in [-0.4, -0.2) is 29.1 Å². The maximum Gasteiger partial charge on any atom is 0.321 e. The maximum absolute atomic E-state index is 12.5. The van der Waals surface area contributed by atoms with E-state index in [1.807, 2.05) is 29.2 Å². The third-order valence-electron chi connectivity index (χ3n) is 4.26. The van der Waals surface area contributed by atoms with E-state index in [2.05, 4.69) is 5.32 Å². The molecule has 2 amide bonds. The van der Waals surface area contributed by atoms with Crippen molar-refractivity contribution in [3.05, 3.63) is 29.8 Å². The normalized spacial score (nSPS) is 19.1. The Morgan fingerprint density at radius 2 is 1.90 bits per heavy atom. The van der Waals surface area contributed by atoms with E-state index in [1.165, 1.54) is 25.7 Å². The van der Waals surface area contributed by atoms with Gasteiger partial charge in [0.1, 0.15) is 0 Å². The first-order valence-electron chi connectivity index (χ1n) is 7.96. The fourth-order valence-corrected chi connectivity index (χ4v) is 2.54. The van der Waals surface area contributed by atoms with Crippen LogP contribution in [0.3, 0.4) is 0 Å². The molecule has 2 fully saturated rings. The Hall–Kier alpha value is -1.55. The molecule has 0 aromatic heterocycles. The van der Waals surface area contributed by atoms with Gasteiger partial charge >= 0.3 is 6.03 Å². The van der Waals surface area contributed by atoms with Gasteiger partial charge < -0.3 is 15.3 Å². The predicted molar refractivity (Wildman–Crippen MR) is 83.1 cm³/mol. The number of amides is 2. The molecule has 2 aliphatic rings. The Kier molecular flexibility index (Phi) is 4.15. The number of benzene rings is 1. The average Bonchev–Trinajstić information content (AvgIpc) is 3.33. The van der Waals surface area contributed by atoms with Crippen molar-refractivity contribution in [1.29, 1.82) is 0 Å². The molecule has 0 bridgehead atoms. The predicted octanol–water partition coefficient (Wildman–Crippen LogP) is 3.39. The van der Waals surface area contributed by atoms with Crippen molar-refractivity contribution in [2.24, 2.45) is 11.8 Å². The Balaban J connectivity index is 1.63. The van der Waals surface area contributed by atoms with Crippen LogP contribution in [0, 0.1) is 11.8 Å². The summed E-state index contributed by atoms with van der Waals surface area (Å²) in [6, 6.07) is 7.44. The minimum Gasteiger partial charge on any atom is -0.389 e. The molecule has 1 unspecified atom stereocenters. The number of carbonyl (C=O) groups is 1. The molecule has 0 radical (unpaired) electrons. The van der Waals surface area contributed by atoms with Crippen LogP contribution < -0.4 is 5.32 Å². The molecular weight excluding hydrogens is 264 g/mol. The second-order valence-corrected chi connectivity index (χ2v) is 6.52. The van der Waals surface area contributed by atoms with Gasteiger partial charge in [0.25, 0.3) is 0 Å². The summed E-state index contributed by atoms with van der Waals surface area (Å²) in [4.78, 5) is 14.4. The number of aliphatic hydroxyl groups is 1. The monoisotopic (exact) mass is 288 g/mol. The molecule has 3 rings (SSSR count). The van der Waals surface area contributed by atoms with Gasteiger partial charge in [0.2, 0.25) is 0 Å². The zero-order valence-electron chi connectivity index (χ0n) is 12.6. The van der Waals surface area contributed by atoms with Crippen molar-refractivity contribution in [3.8, 4) is 0 Å². The van der Waals surface area contributed by atoms with E-state index in [4.69, 9.17) is 0 Å². The summed E-state index contributed by atoms with van der Waals surface area (Å²) in [5.41, 5.74) is 1.58. The number of aliphatic hydroxyl groups excluding tert-OH is 1. The van der Waals surface area contributed by atoms with E-state index >= 15 is 0 Å². The Bertz CT molecular complexity index is 493. The van der Waals surface area contributed by atoms with Gasteiger partial charge in [-0.2, -0.15) is 0 Å². The molecule has 2 N–H and O–H groups in total. The van der Waals surface area contributed by atoms with Crippen LogP contribution in [0.15, 0.2) is 24.3 Å². The first-order chi connectivity index (χ1) is 10.1. The van der Waals surface area contributed by atoms with E-state index in [0.29, 0.717) is 11.8 Å². The van der Waals surface area contributed by atoms with E-state index in [0.717, 1.165) is 24.3 Å². The topological polar surface area (TPSA) is 52.6 Å². The minimum absolute atomic E-state index is 0.00320. The lowest BCUT2D eigenvalue weighted by Gasteiger charge is -2.23. The summed E-state index contributed by atoms with van der Waals surface area (Å²) in [5.74, 6) is 1.41. The molecule has 2 aliphatic carbocycles. The largest absolute Gasteiger partial charge is 0.389 e. The number of anilines is 1. The van der Waals surface area contributed by atoms with Crippen LogP contribution in [0.1, 0.15) is 44.3 Å². The smallest absolute Gasteiger partial charge is 0.321 e. The Morgan fingerprint density at radius 3 is 2.43 bits per heavy atom. The van der Waals surface area contributed by atoms with E-state index in [1.54, 1.807) is 6.92 Å². The molecule has 2 saturated carbocycles. The fraction of sp³-hybridized carbons (Fsp3) is 0.588. The average molecular weight is 288 g/mol. The van der Waals surface area contributed by atoms with Gasteiger partial charge in [0.05, 0.1) is 6.10 Å². The van der Waals surface area contributed by atoms with E-state index in [-0.39, 0.29) is 6.03 Å². The molecule has 21 heavy (non-hydrogen) atoms. The summed E-state index contributed by atoms with van der Waals surface area (Å²) in [6.45, 7) is 3.50. The molecule has 0 saturated heterocycles. The molecule has 0 spiro atoms. The third-order valence-corrected chi connectivity index (χ3v) is 4.26. The molecular formula is C17H24N2O2. The summed E-state index contributed by atoms with van der Waals surface area (Å²) in [5, 5.41) is 12.6. The van der Waals surface area contributed by atoms with Crippen molar-refractivity contribution in [1.82, 2.24) is 4.90 Å². The van der Waals surface area contributed by atoms with Crippen molar-refractivity contribution >= 4 is 11.7 Å². The molecule has 1 atom stereocenters. The zero-order valence-corrected chi connectivity index (χ0v) is 12.6. The van der Waals surface area contributed by atoms with E-state index in [9.17, 15) is 9.90 Å². The minimum atomic E-state index is -0.518. The lowest BCUT2D eigenvalue weighted by atomic mass is 10.1. The number of rotatable bonds is 6. The molecule has 4 heteroatoms. The van der Waals surface area contributed by atoms with Gasteiger partial charge in [0.15, 0.2) is 0 Å². The zero-order chi connectivity index (χ0) is 14.8. The van der Waals surface area contributed by atoms with Crippen molar-refractivity contribution < 1.29 is 9.90 Å². The summed E-state index contributed by atoms with van der Waals surface area (Å²) in [6.07, 6.45) is 4.51. The first-order valence-corrected chi connectivity index (χ1v) is 7.96. The van der Waals surface area contributed by atoms with Crippen LogP contribution in [0.25, 0.3) is 0 Å². The third kappa shape index (κ3) is 4.21. The van der Waals surface area contributed by atoms with Gasteiger partial charge in [-0.3, -0.25) is 0 Å². The van der Waals surface area contributed by atoms with E-state index < -0.39 is 6.10 Å². The number of nitrogens with zero attached hydrogens (tertiary/aromatic N) is 1. The number of hydrogen-bond donors (Lipinski definition) is 2. The highest BCUT2D eigenvalue weighted by atomic mass is 16.3. The van der Waals surface area contributed by atoms with Gasteiger partial charge in [0, 0.05) is 18.8 Å². The highest BCUT2D eigenvalue weighted by Gasteiger charge is 2.31. The van der Waals surface area contributed by atoms with Crippen molar-refractivity contribution in [3.63, 3.8) is 0 Å². The van der Waals surface area contributed by atoms with Gasteiger partial charge in [-0.05, 0) is 62.1 Å². The van der Waals surface area contributed by atoms with Crippen LogP contribution in [-0.2, 0) is 0 Å². The Morgan fingerprint density at radius 1 is 1.29 bits per heavy atom. The van der Waals surface area contributed by atoms with Crippen LogP contribution in [0.4, 0.5) is 10.5 Å². The van der Waals surface area contributed by atoms with Crippen LogP contribution in [0.2, 0.25) is 0 Å². The Labute approximate surface area is 126 Å². The quantitative estimate of drug-likeness (QED) is 0.843. The van der Waals surface area contributed by atoms with Gasteiger partial charge in [-0.15, -0.1) is 0 Å². The number of hydrogen-bond acceptors (Lipinski definition) is 2. The maximum atomic E-state index is 12.5. The van der Waals surface area contributed by atoms with Crippen molar-refractivity contribution in [2.75, 3.05) is 18.4 Å². The second-order valence-electron chi connectivity index (χ2n) is 6.52. The van der Waals surface area contributed by atoms with Crippen molar-refractivity contribution in [2.45, 2.75) is 38.7 Å². The summed E-state index contributed by atoms with van der Waals surface area (Å²) >= 11 is 0. The van der Waals surface area contributed by atoms with Crippen LogP contribution in [0.5, 0.6) is 0 Å². The highest BCUT2D eigenvalue weighted by molar-refractivity contribution is 5.89. The standard InChI is InChI=1S/C17H24N2O2/c1-12(20)15-3-2-4-16(9-15)18-17(21)19(10-13-5-6-13)11-14-7-8-14/h2-4,9,12-14,20H,5-8,10-11H2,1H3,(H,18,21). The van der Waals surface area contributed by atoms with Crippen LogP contribution >= 0.6 is 0 Å². The molecule has 1 aromatic rings. The molecule has 114 valence electrons. The fourth-order valence-electron chi connectivity index (χ4n) is 2.54. The highest BCUT2D eigenvalue weighted by Crippen LogP contribution is 2.34. The molecule has 1 aromatic carbocycles. The number of nitrogens with one attached hydrogen (secondary N) is 1. The second kappa shape index (κ2) is 6.06. The lowest BCUT2D eigenvalue weighted by Crippen LogP contribution is -2.38. The number of carbonyl (C=O) groups excluding carboxylic acids is 1.